The third-order valence-corrected chi connectivity index (χ3v) is 3.41. The Morgan fingerprint density at radius 3 is 2.00 bits per heavy atom. The van der Waals surface area contributed by atoms with Crippen LogP contribution < -0.4 is 5.32 Å². The molecule has 0 aromatic heterocycles. The molecular formula is C13H20BrN. The summed E-state index contributed by atoms with van der Waals surface area (Å²) in [5, 5.41) is 3.60. The van der Waals surface area contributed by atoms with E-state index in [-0.39, 0.29) is 0 Å². The Bertz CT molecular complexity index is 292. The molecule has 0 aliphatic heterocycles. The maximum absolute atomic E-state index is 3.60. The number of nitrogens with one attached hydrogen (secondary N) is 1. The van der Waals surface area contributed by atoms with Crippen molar-refractivity contribution in [3.63, 3.8) is 0 Å². The number of rotatable bonds is 4. The molecular weight excluding hydrogens is 250 g/mol. The molecule has 0 saturated carbocycles. The van der Waals surface area contributed by atoms with E-state index in [0.29, 0.717) is 18.0 Å². The lowest BCUT2D eigenvalue weighted by Gasteiger charge is -2.23. The van der Waals surface area contributed by atoms with Crippen molar-refractivity contribution in [1.82, 2.24) is 5.32 Å². The number of hydrogen-bond acceptors (Lipinski definition) is 1. The fourth-order valence-electron chi connectivity index (χ4n) is 1.43. The summed E-state index contributed by atoms with van der Waals surface area (Å²) in [6.07, 6.45) is 0. The third-order valence-electron chi connectivity index (χ3n) is 2.88. The Labute approximate surface area is 101 Å². The molecule has 1 nitrogen and oxygen atoms in total. The first-order valence-electron chi connectivity index (χ1n) is 5.52. The predicted molar refractivity (Wildman–Crippen MR) is 70.0 cm³/mol. The molecule has 84 valence electrons. The van der Waals surface area contributed by atoms with Crippen LogP contribution in [0, 0.1) is 5.92 Å². The molecule has 2 atom stereocenters. The first-order chi connectivity index (χ1) is 7.00. The van der Waals surface area contributed by atoms with Gasteiger partial charge in [0.25, 0.3) is 0 Å². The fraction of sp³-hybridized carbons (Fsp3) is 0.538. The Morgan fingerprint density at radius 1 is 1.00 bits per heavy atom. The average Bonchev–Trinajstić information content (AvgIpc) is 2.18. The van der Waals surface area contributed by atoms with Gasteiger partial charge in [-0.2, -0.15) is 0 Å². The smallest absolute Gasteiger partial charge is 0.0294 e. The van der Waals surface area contributed by atoms with Crippen molar-refractivity contribution in [2.75, 3.05) is 0 Å². The summed E-state index contributed by atoms with van der Waals surface area (Å²) in [4.78, 5) is 0. The normalized spacial score (nSPS) is 15.3. The highest BCUT2D eigenvalue weighted by atomic mass is 79.9. The van der Waals surface area contributed by atoms with Crippen molar-refractivity contribution in [2.24, 2.45) is 5.92 Å². The van der Waals surface area contributed by atoms with Crippen LogP contribution in [0.1, 0.15) is 39.3 Å². The zero-order chi connectivity index (χ0) is 11.4. The molecule has 0 heterocycles. The highest BCUT2D eigenvalue weighted by Crippen LogP contribution is 2.17. The van der Waals surface area contributed by atoms with E-state index in [1.165, 1.54) is 5.56 Å². The lowest BCUT2D eigenvalue weighted by atomic mass is 10.0. The minimum atomic E-state index is 0.412. The Hall–Kier alpha value is -0.340. The molecule has 1 aromatic rings. The van der Waals surface area contributed by atoms with E-state index in [9.17, 15) is 0 Å². The largest absolute Gasteiger partial charge is 0.307 e. The van der Waals surface area contributed by atoms with Gasteiger partial charge in [0.05, 0.1) is 0 Å². The summed E-state index contributed by atoms with van der Waals surface area (Å²) in [5.74, 6) is 0.669. The first-order valence-corrected chi connectivity index (χ1v) is 6.31. The maximum Gasteiger partial charge on any atom is 0.0294 e. The van der Waals surface area contributed by atoms with Crippen molar-refractivity contribution in [3.05, 3.63) is 34.3 Å². The predicted octanol–water partition coefficient (Wildman–Crippen LogP) is 4.14. The number of benzene rings is 1. The Morgan fingerprint density at radius 2 is 1.53 bits per heavy atom. The molecule has 0 amide bonds. The van der Waals surface area contributed by atoms with Crippen LogP contribution >= 0.6 is 15.9 Å². The van der Waals surface area contributed by atoms with Crippen LogP contribution in [0.2, 0.25) is 0 Å². The molecule has 1 unspecified atom stereocenters. The molecule has 15 heavy (non-hydrogen) atoms. The molecule has 2 heteroatoms. The van der Waals surface area contributed by atoms with E-state index in [1.54, 1.807) is 0 Å². The second-order valence-electron chi connectivity index (χ2n) is 4.47. The lowest BCUT2D eigenvalue weighted by Crippen LogP contribution is -2.32. The van der Waals surface area contributed by atoms with Gasteiger partial charge in [0.2, 0.25) is 0 Å². The molecule has 1 rings (SSSR count). The van der Waals surface area contributed by atoms with E-state index < -0.39 is 0 Å². The summed E-state index contributed by atoms with van der Waals surface area (Å²) in [5.41, 5.74) is 1.34. The average molecular weight is 270 g/mol. The molecule has 0 bridgehead atoms. The van der Waals surface area contributed by atoms with Crippen LogP contribution in [0.4, 0.5) is 0 Å². The van der Waals surface area contributed by atoms with Gasteiger partial charge in [0, 0.05) is 16.6 Å². The van der Waals surface area contributed by atoms with E-state index in [4.69, 9.17) is 0 Å². The van der Waals surface area contributed by atoms with Crippen LogP contribution in [-0.4, -0.2) is 6.04 Å². The van der Waals surface area contributed by atoms with Gasteiger partial charge in [0.1, 0.15) is 0 Å². The minimum absolute atomic E-state index is 0.412. The molecule has 0 aliphatic rings. The second-order valence-corrected chi connectivity index (χ2v) is 5.39. The fourth-order valence-corrected chi connectivity index (χ4v) is 1.70. The van der Waals surface area contributed by atoms with Crippen molar-refractivity contribution in [3.8, 4) is 0 Å². The van der Waals surface area contributed by atoms with E-state index in [1.807, 2.05) is 0 Å². The summed E-state index contributed by atoms with van der Waals surface area (Å²) < 4.78 is 1.13. The summed E-state index contributed by atoms with van der Waals surface area (Å²) in [6.45, 7) is 8.93. The molecule has 0 saturated heterocycles. The molecule has 0 aliphatic carbocycles. The molecule has 1 aromatic carbocycles. The van der Waals surface area contributed by atoms with E-state index in [2.05, 4.69) is 73.2 Å². The van der Waals surface area contributed by atoms with Crippen molar-refractivity contribution in [1.29, 1.82) is 0 Å². The highest BCUT2D eigenvalue weighted by molar-refractivity contribution is 9.10. The lowest BCUT2D eigenvalue weighted by molar-refractivity contribution is 0.389. The standard InChI is InChI=1S/C13H20BrN/c1-9(2)10(3)15-11(4)12-5-7-13(14)8-6-12/h5-11,15H,1-4H3/t10?,11-/m0/s1. The van der Waals surface area contributed by atoms with Crippen LogP contribution in [0.25, 0.3) is 0 Å². The zero-order valence-electron chi connectivity index (χ0n) is 9.92. The summed E-state index contributed by atoms with van der Waals surface area (Å²) >= 11 is 3.45. The molecule has 0 radical (unpaired) electrons. The number of hydrogen-bond donors (Lipinski definition) is 1. The topological polar surface area (TPSA) is 12.0 Å². The zero-order valence-corrected chi connectivity index (χ0v) is 11.5. The molecule has 1 N–H and O–H groups in total. The number of halogens is 1. The van der Waals surface area contributed by atoms with E-state index >= 15 is 0 Å². The van der Waals surface area contributed by atoms with Gasteiger partial charge >= 0.3 is 0 Å². The maximum atomic E-state index is 3.60. The van der Waals surface area contributed by atoms with Gasteiger partial charge < -0.3 is 5.32 Å². The van der Waals surface area contributed by atoms with Gasteiger partial charge in [0.15, 0.2) is 0 Å². The van der Waals surface area contributed by atoms with Crippen LogP contribution in [0.5, 0.6) is 0 Å². The van der Waals surface area contributed by atoms with Gasteiger partial charge in [-0.15, -0.1) is 0 Å². The molecule has 0 spiro atoms. The van der Waals surface area contributed by atoms with Crippen molar-refractivity contribution >= 4 is 15.9 Å². The quantitative estimate of drug-likeness (QED) is 0.866. The first kappa shape index (κ1) is 12.7. The summed E-state index contributed by atoms with van der Waals surface area (Å²) in [7, 11) is 0. The monoisotopic (exact) mass is 269 g/mol. The van der Waals surface area contributed by atoms with Gasteiger partial charge in [-0.25, -0.2) is 0 Å². The second kappa shape index (κ2) is 5.66. The van der Waals surface area contributed by atoms with E-state index in [0.717, 1.165) is 4.47 Å². The van der Waals surface area contributed by atoms with Crippen LogP contribution in [0.3, 0.4) is 0 Å². The van der Waals surface area contributed by atoms with Gasteiger partial charge in [-0.1, -0.05) is 41.9 Å². The third kappa shape index (κ3) is 3.96. The highest BCUT2D eigenvalue weighted by Gasteiger charge is 2.11. The van der Waals surface area contributed by atoms with Gasteiger partial charge in [-0.05, 0) is 37.5 Å². The van der Waals surface area contributed by atoms with Crippen molar-refractivity contribution in [2.45, 2.75) is 39.8 Å². The van der Waals surface area contributed by atoms with Crippen LogP contribution in [-0.2, 0) is 0 Å². The van der Waals surface area contributed by atoms with Crippen molar-refractivity contribution < 1.29 is 0 Å². The van der Waals surface area contributed by atoms with Crippen LogP contribution in [0.15, 0.2) is 28.7 Å². The Balaban J connectivity index is 2.61. The molecule has 0 fully saturated rings. The Kier molecular flexibility index (Phi) is 4.81. The minimum Gasteiger partial charge on any atom is -0.307 e. The van der Waals surface area contributed by atoms with Gasteiger partial charge in [-0.3, -0.25) is 0 Å². The summed E-state index contributed by atoms with van der Waals surface area (Å²) in [6, 6.07) is 9.46. The SMILES string of the molecule is CC(C)C(C)N[C@@H](C)c1ccc(Br)cc1.